The summed E-state index contributed by atoms with van der Waals surface area (Å²) in [4.78, 5) is 12.2. The van der Waals surface area contributed by atoms with Crippen molar-refractivity contribution in [3.63, 3.8) is 0 Å². The van der Waals surface area contributed by atoms with Gasteiger partial charge in [0.25, 0.3) is 0 Å². The monoisotopic (exact) mass is 250 g/mol. The highest BCUT2D eigenvalue weighted by Crippen LogP contribution is 2.12. The number of aliphatic hydroxyl groups is 1. The maximum absolute atomic E-state index is 10.9. The second-order valence-electron chi connectivity index (χ2n) is 4.56. The molecule has 18 heavy (non-hydrogen) atoms. The number of rotatable bonds is 3. The topological polar surface area (TPSA) is 72.8 Å². The fraction of sp³-hybridized carbons (Fsp3) is 0.462. The maximum Gasteiger partial charge on any atom is 0.407 e. The molecule has 5 heteroatoms. The summed E-state index contributed by atoms with van der Waals surface area (Å²) in [5.41, 5.74) is 1.12. The molecular formula is C13H18N2O3. The van der Waals surface area contributed by atoms with Crippen LogP contribution in [0.1, 0.15) is 12.0 Å². The number of nitrogens with one attached hydrogen (secondary N) is 1. The number of benzene rings is 1. The van der Waals surface area contributed by atoms with Crippen LogP contribution in [0.3, 0.4) is 0 Å². The SMILES string of the molecule is O=C(O)N1CC[C@H](O)[C@@H](NCc2ccccc2)C1. The third-order valence-corrected chi connectivity index (χ3v) is 3.26. The Morgan fingerprint density at radius 3 is 2.78 bits per heavy atom. The normalized spacial score (nSPS) is 23.9. The number of piperidine rings is 1. The van der Waals surface area contributed by atoms with E-state index in [9.17, 15) is 9.90 Å². The maximum atomic E-state index is 10.9. The van der Waals surface area contributed by atoms with Crippen LogP contribution in [-0.2, 0) is 6.54 Å². The average Bonchev–Trinajstić information content (AvgIpc) is 2.38. The lowest BCUT2D eigenvalue weighted by Crippen LogP contribution is -2.54. The van der Waals surface area contributed by atoms with Crippen LogP contribution in [0, 0.1) is 0 Å². The second-order valence-corrected chi connectivity index (χ2v) is 4.56. The average molecular weight is 250 g/mol. The zero-order valence-corrected chi connectivity index (χ0v) is 10.1. The van der Waals surface area contributed by atoms with Gasteiger partial charge in [0.15, 0.2) is 0 Å². The van der Waals surface area contributed by atoms with Crippen LogP contribution in [0.2, 0.25) is 0 Å². The van der Waals surface area contributed by atoms with E-state index in [1.165, 1.54) is 4.90 Å². The van der Waals surface area contributed by atoms with Crippen LogP contribution >= 0.6 is 0 Å². The molecule has 1 saturated heterocycles. The molecule has 5 nitrogen and oxygen atoms in total. The first kappa shape index (κ1) is 12.9. The molecule has 1 aliphatic rings. The van der Waals surface area contributed by atoms with E-state index in [1.54, 1.807) is 0 Å². The molecule has 0 aliphatic carbocycles. The Morgan fingerprint density at radius 1 is 1.39 bits per heavy atom. The van der Waals surface area contributed by atoms with E-state index in [2.05, 4.69) is 5.32 Å². The standard InChI is InChI=1S/C13H18N2O3/c16-12-6-7-15(13(17)18)9-11(12)14-8-10-4-2-1-3-5-10/h1-5,11-12,14,16H,6-9H2,(H,17,18)/t11-,12-/m0/s1. The van der Waals surface area contributed by atoms with Gasteiger partial charge in [-0.2, -0.15) is 0 Å². The summed E-state index contributed by atoms with van der Waals surface area (Å²) >= 11 is 0. The lowest BCUT2D eigenvalue weighted by atomic mass is 10.0. The minimum atomic E-state index is -0.923. The molecule has 0 radical (unpaired) electrons. The van der Waals surface area contributed by atoms with Gasteiger partial charge in [0, 0.05) is 19.6 Å². The van der Waals surface area contributed by atoms with Gasteiger partial charge in [0.05, 0.1) is 12.1 Å². The summed E-state index contributed by atoms with van der Waals surface area (Å²) in [6.45, 7) is 1.37. The van der Waals surface area contributed by atoms with Crippen molar-refractivity contribution < 1.29 is 15.0 Å². The van der Waals surface area contributed by atoms with Gasteiger partial charge in [-0.3, -0.25) is 0 Å². The van der Waals surface area contributed by atoms with Crippen molar-refractivity contribution in [2.24, 2.45) is 0 Å². The molecule has 0 spiro atoms. The largest absolute Gasteiger partial charge is 0.465 e. The third-order valence-electron chi connectivity index (χ3n) is 3.26. The fourth-order valence-electron chi connectivity index (χ4n) is 2.16. The smallest absolute Gasteiger partial charge is 0.407 e. The summed E-state index contributed by atoms with van der Waals surface area (Å²) in [5.74, 6) is 0. The second kappa shape index (κ2) is 5.84. The first-order chi connectivity index (χ1) is 8.66. The molecule has 0 saturated carbocycles. The van der Waals surface area contributed by atoms with Crippen molar-refractivity contribution in [3.8, 4) is 0 Å². The molecule has 2 atom stereocenters. The van der Waals surface area contributed by atoms with Gasteiger partial charge in [0.1, 0.15) is 0 Å². The van der Waals surface area contributed by atoms with E-state index < -0.39 is 12.2 Å². The quantitative estimate of drug-likeness (QED) is 0.745. The minimum absolute atomic E-state index is 0.199. The van der Waals surface area contributed by atoms with Crippen molar-refractivity contribution >= 4 is 6.09 Å². The molecule has 3 N–H and O–H groups in total. The lowest BCUT2D eigenvalue weighted by Gasteiger charge is -2.35. The van der Waals surface area contributed by atoms with Crippen molar-refractivity contribution in [3.05, 3.63) is 35.9 Å². The molecule has 98 valence electrons. The Bertz CT molecular complexity index is 396. The van der Waals surface area contributed by atoms with Crippen LogP contribution in [-0.4, -0.2) is 46.4 Å². The van der Waals surface area contributed by atoms with Gasteiger partial charge < -0.3 is 20.4 Å². The van der Waals surface area contributed by atoms with Gasteiger partial charge >= 0.3 is 6.09 Å². The zero-order chi connectivity index (χ0) is 13.0. The summed E-state index contributed by atoms with van der Waals surface area (Å²) in [5, 5.41) is 22.0. The van der Waals surface area contributed by atoms with Crippen molar-refractivity contribution in [1.29, 1.82) is 0 Å². The van der Waals surface area contributed by atoms with Crippen molar-refractivity contribution in [2.45, 2.75) is 25.1 Å². The van der Waals surface area contributed by atoms with Crippen LogP contribution in [0.25, 0.3) is 0 Å². The summed E-state index contributed by atoms with van der Waals surface area (Å²) < 4.78 is 0. The molecular weight excluding hydrogens is 232 g/mol. The zero-order valence-electron chi connectivity index (χ0n) is 10.1. The molecule has 0 aromatic heterocycles. The first-order valence-corrected chi connectivity index (χ1v) is 6.10. The fourth-order valence-corrected chi connectivity index (χ4v) is 2.16. The van der Waals surface area contributed by atoms with Crippen molar-refractivity contribution in [2.75, 3.05) is 13.1 Å². The van der Waals surface area contributed by atoms with Crippen LogP contribution < -0.4 is 5.32 Å². The highest BCUT2D eigenvalue weighted by Gasteiger charge is 2.29. The summed E-state index contributed by atoms with van der Waals surface area (Å²) in [6.07, 6.45) is -0.920. The summed E-state index contributed by atoms with van der Waals surface area (Å²) in [6, 6.07) is 9.66. The molecule has 1 fully saturated rings. The first-order valence-electron chi connectivity index (χ1n) is 6.10. The molecule has 1 heterocycles. The number of likely N-dealkylation sites (tertiary alicyclic amines) is 1. The Labute approximate surface area is 106 Å². The molecule has 0 unspecified atom stereocenters. The molecule has 0 bridgehead atoms. The van der Waals surface area contributed by atoms with E-state index in [-0.39, 0.29) is 6.04 Å². The summed E-state index contributed by atoms with van der Waals surface area (Å²) in [7, 11) is 0. The molecule has 1 aromatic rings. The third kappa shape index (κ3) is 3.21. The number of hydrogen-bond acceptors (Lipinski definition) is 3. The Morgan fingerprint density at radius 2 is 2.11 bits per heavy atom. The Hall–Kier alpha value is -1.59. The van der Waals surface area contributed by atoms with Gasteiger partial charge in [-0.05, 0) is 12.0 Å². The van der Waals surface area contributed by atoms with E-state index >= 15 is 0 Å². The van der Waals surface area contributed by atoms with Crippen LogP contribution in [0.4, 0.5) is 4.79 Å². The van der Waals surface area contributed by atoms with Crippen molar-refractivity contribution in [1.82, 2.24) is 10.2 Å². The van der Waals surface area contributed by atoms with E-state index in [4.69, 9.17) is 5.11 Å². The highest BCUT2D eigenvalue weighted by molar-refractivity contribution is 5.65. The number of carboxylic acid groups (broad SMARTS) is 1. The number of amides is 1. The van der Waals surface area contributed by atoms with Crippen LogP contribution in [0.5, 0.6) is 0 Å². The minimum Gasteiger partial charge on any atom is -0.465 e. The molecule has 1 aliphatic heterocycles. The van der Waals surface area contributed by atoms with Gasteiger partial charge in [-0.1, -0.05) is 30.3 Å². The number of carbonyl (C=O) groups is 1. The van der Waals surface area contributed by atoms with Crippen LogP contribution in [0.15, 0.2) is 30.3 Å². The van der Waals surface area contributed by atoms with Gasteiger partial charge in [-0.15, -0.1) is 0 Å². The van der Waals surface area contributed by atoms with E-state index in [0.29, 0.717) is 26.1 Å². The van der Waals surface area contributed by atoms with E-state index in [1.807, 2.05) is 30.3 Å². The molecule has 2 rings (SSSR count). The highest BCUT2D eigenvalue weighted by atomic mass is 16.4. The molecule has 1 aromatic carbocycles. The number of aliphatic hydroxyl groups excluding tert-OH is 1. The molecule has 1 amide bonds. The number of nitrogens with zero attached hydrogens (tertiary/aromatic N) is 1. The number of hydrogen-bond donors (Lipinski definition) is 3. The Balaban J connectivity index is 1.89. The van der Waals surface area contributed by atoms with Gasteiger partial charge in [-0.25, -0.2) is 4.79 Å². The Kier molecular flexibility index (Phi) is 4.17. The van der Waals surface area contributed by atoms with Gasteiger partial charge in [0.2, 0.25) is 0 Å². The predicted octanol–water partition coefficient (Wildman–Crippen LogP) is 0.889. The van der Waals surface area contributed by atoms with E-state index in [0.717, 1.165) is 5.56 Å². The lowest BCUT2D eigenvalue weighted by molar-refractivity contribution is 0.0473. The predicted molar refractivity (Wildman–Crippen MR) is 67.3 cm³/mol.